The van der Waals surface area contributed by atoms with E-state index in [2.05, 4.69) is 108 Å². The molecule has 0 radical (unpaired) electrons. The number of thiophene rings is 1. The number of benzene rings is 6. The molecule has 0 aliphatic rings. The molecule has 4 nitrogen and oxygen atoms in total. The number of hydrogen-bond acceptors (Lipinski definition) is 3. The van der Waals surface area contributed by atoms with E-state index in [0.29, 0.717) is 18.2 Å². The first-order valence-corrected chi connectivity index (χ1v) is 15.4. The second-order valence-electron chi connectivity index (χ2n) is 10.5. The average molecular weight is 587 g/mol. The molecule has 0 aliphatic heterocycles. The molecule has 3 N–H and O–H groups in total. The summed E-state index contributed by atoms with van der Waals surface area (Å²) in [6.07, 6.45) is 0. The predicted molar refractivity (Wildman–Crippen MR) is 188 cm³/mol. The molecule has 212 valence electrons. The monoisotopic (exact) mass is 586 g/mol. The summed E-state index contributed by atoms with van der Waals surface area (Å²) in [4.78, 5) is 9.68. The Hall–Kier alpha value is -5.52. The number of rotatable bonds is 7. The van der Waals surface area contributed by atoms with Gasteiger partial charge in [0.25, 0.3) is 0 Å². The maximum Gasteiger partial charge on any atom is 0.157 e. The number of fused-ring (bicyclic) bond motifs is 3. The zero-order valence-electron chi connectivity index (χ0n) is 24.0. The maximum atomic E-state index is 6.45. The molecule has 5 heteroatoms. The molecule has 0 bridgehead atoms. The van der Waals surface area contributed by atoms with E-state index in [1.807, 2.05) is 59.9 Å². The van der Waals surface area contributed by atoms with Crippen molar-refractivity contribution < 1.29 is 0 Å². The fraction of sp³-hybridized carbons (Fsp3) is 0.0256. The van der Waals surface area contributed by atoms with Crippen LogP contribution in [0.5, 0.6) is 0 Å². The van der Waals surface area contributed by atoms with Gasteiger partial charge in [0.1, 0.15) is 5.84 Å². The number of nitrogens with two attached hydrogens (primary N) is 1. The van der Waals surface area contributed by atoms with Gasteiger partial charge in [0, 0.05) is 37.9 Å². The van der Waals surface area contributed by atoms with E-state index in [9.17, 15) is 0 Å². The second-order valence-corrected chi connectivity index (χ2v) is 11.6. The third-order valence-electron chi connectivity index (χ3n) is 7.59. The fourth-order valence-corrected chi connectivity index (χ4v) is 6.55. The lowest BCUT2D eigenvalue weighted by atomic mass is 10.0. The van der Waals surface area contributed by atoms with Crippen LogP contribution in [0.2, 0.25) is 0 Å². The van der Waals surface area contributed by atoms with Gasteiger partial charge in [-0.25, -0.2) is 4.99 Å². The molecule has 44 heavy (non-hydrogen) atoms. The van der Waals surface area contributed by atoms with Crippen LogP contribution in [0.1, 0.15) is 16.7 Å². The Morgan fingerprint density at radius 3 is 2.02 bits per heavy atom. The van der Waals surface area contributed by atoms with Gasteiger partial charge in [-0.3, -0.25) is 4.99 Å². The van der Waals surface area contributed by atoms with Crippen LogP contribution in [-0.2, 0) is 6.54 Å². The van der Waals surface area contributed by atoms with Gasteiger partial charge in [-0.15, -0.1) is 11.3 Å². The van der Waals surface area contributed by atoms with Crippen LogP contribution in [0.4, 0.5) is 11.4 Å². The molecule has 0 saturated carbocycles. The Morgan fingerprint density at radius 1 is 0.614 bits per heavy atom. The van der Waals surface area contributed by atoms with Crippen molar-refractivity contribution in [2.24, 2.45) is 15.7 Å². The van der Waals surface area contributed by atoms with Crippen molar-refractivity contribution in [2.45, 2.75) is 6.54 Å². The summed E-state index contributed by atoms with van der Waals surface area (Å²) >= 11 is 1.82. The quantitative estimate of drug-likeness (QED) is 0.144. The Labute approximate surface area is 260 Å². The normalized spacial score (nSPS) is 12.1. The highest BCUT2D eigenvalue weighted by atomic mass is 32.1. The van der Waals surface area contributed by atoms with Gasteiger partial charge in [-0.1, -0.05) is 121 Å². The minimum atomic E-state index is 0.434. The lowest BCUT2D eigenvalue weighted by Gasteiger charge is -2.15. The molecular formula is C39H30N4S. The number of amidine groups is 2. The van der Waals surface area contributed by atoms with Gasteiger partial charge < -0.3 is 11.1 Å². The molecular weight excluding hydrogens is 557 g/mol. The van der Waals surface area contributed by atoms with Crippen molar-refractivity contribution in [3.8, 4) is 11.1 Å². The summed E-state index contributed by atoms with van der Waals surface area (Å²) in [6, 6.07) is 51.9. The van der Waals surface area contributed by atoms with E-state index < -0.39 is 0 Å². The van der Waals surface area contributed by atoms with Crippen LogP contribution in [-0.4, -0.2) is 11.7 Å². The van der Waals surface area contributed by atoms with Crippen molar-refractivity contribution in [1.82, 2.24) is 0 Å². The highest BCUT2D eigenvalue weighted by molar-refractivity contribution is 7.26. The zero-order valence-corrected chi connectivity index (χ0v) is 24.8. The molecule has 0 fully saturated rings. The Kier molecular flexibility index (Phi) is 7.69. The molecule has 7 aromatic rings. The van der Waals surface area contributed by atoms with Gasteiger partial charge >= 0.3 is 0 Å². The van der Waals surface area contributed by atoms with Crippen molar-refractivity contribution in [3.63, 3.8) is 0 Å². The van der Waals surface area contributed by atoms with Gasteiger partial charge in [0.05, 0.1) is 16.9 Å². The van der Waals surface area contributed by atoms with Gasteiger partial charge in [-0.05, 0) is 41.5 Å². The van der Waals surface area contributed by atoms with Crippen molar-refractivity contribution >= 4 is 54.6 Å². The number of anilines is 2. The molecule has 0 spiro atoms. The highest BCUT2D eigenvalue weighted by Gasteiger charge is 2.15. The largest absolute Gasteiger partial charge is 0.383 e. The van der Waals surface area contributed by atoms with E-state index in [-0.39, 0.29) is 0 Å². The van der Waals surface area contributed by atoms with E-state index in [1.54, 1.807) is 0 Å². The van der Waals surface area contributed by atoms with Gasteiger partial charge in [0.15, 0.2) is 5.84 Å². The molecule has 7 rings (SSSR count). The van der Waals surface area contributed by atoms with E-state index >= 15 is 0 Å². The SMILES string of the molecule is N/C(=N\C(=N/Cc1ccccc1)c1ccc(Nc2c(-c3ccccc3)ccc3c2sc2ccccc23)cc1)c1ccccc1. The van der Waals surface area contributed by atoms with Crippen LogP contribution in [0, 0.1) is 0 Å². The molecule has 0 aliphatic carbocycles. The molecule has 1 heterocycles. The molecule has 0 saturated heterocycles. The number of hydrogen-bond donors (Lipinski definition) is 2. The summed E-state index contributed by atoms with van der Waals surface area (Å²) < 4.78 is 2.52. The van der Waals surface area contributed by atoms with Crippen LogP contribution >= 0.6 is 11.3 Å². The lowest BCUT2D eigenvalue weighted by molar-refractivity contribution is 1.06. The topological polar surface area (TPSA) is 62.8 Å². The van der Waals surface area contributed by atoms with Crippen LogP contribution in [0.25, 0.3) is 31.3 Å². The minimum Gasteiger partial charge on any atom is -0.383 e. The maximum absolute atomic E-state index is 6.45. The summed E-state index contributed by atoms with van der Waals surface area (Å²) in [6.45, 7) is 0.510. The first-order chi connectivity index (χ1) is 21.7. The van der Waals surface area contributed by atoms with E-state index in [4.69, 9.17) is 15.7 Å². The average Bonchev–Trinajstić information content (AvgIpc) is 3.48. The highest BCUT2D eigenvalue weighted by Crippen LogP contribution is 2.44. The number of aliphatic imine (C=N–C) groups is 2. The molecule has 6 aromatic carbocycles. The summed E-state index contributed by atoms with van der Waals surface area (Å²) in [5, 5.41) is 6.31. The lowest BCUT2D eigenvalue weighted by Crippen LogP contribution is -2.16. The van der Waals surface area contributed by atoms with E-state index in [0.717, 1.165) is 28.1 Å². The molecule has 0 atom stereocenters. The van der Waals surface area contributed by atoms with Gasteiger partial charge in [0.2, 0.25) is 0 Å². The van der Waals surface area contributed by atoms with Crippen molar-refractivity contribution in [2.75, 3.05) is 5.32 Å². The van der Waals surface area contributed by atoms with Crippen LogP contribution < -0.4 is 11.1 Å². The molecule has 0 unspecified atom stereocenters. The first kappa shape index (κ1) is 27.3. The summed E-state index contributed by atoms with van der Waals surface area (Å²) in [5.74, 6) is 1.03. The minimum absolute atomic E-state index is 0.434. The Balaban J connectivity index is 1.27. The number of nitrogens with one attached hydrogen (secondary N) is 1. The fourth-order valence-electron chi connectivity index (χ4n) is 5.35. The van der Waals surface area contributed by atoms with Gasteiger partial charge in [-0.2, -0.15) is 0 Å². The third kappa shape index (κ3) is 5.74. The Bertz CT molecular complexity index is 2100. The van der Waals surface area contributed by atoms with E-state index in [1.165, 1.54) is 31.3 Å². The summed E-state index contributed by atoms with van der Waals surface area (Å²) in [5.41, 5.74) is 13.7. The summed E-state index contributed by atoms with van der Waals surface area (Å²) in [7, 11) is 0. The van der Waals surface area contributed by atoms with Crippen molar-refractivity contribution in [1.29, 1.82) is 0 Å². The van der Waals surface area contributed by atoms with Crippen molar-refractivity contribution in [3.05, 3.63) is 168 Å². The Morgan fingerprint density at radius 2 is 1.27 bits per heavy atom. The standard InChI is InChI=1S/C39H30N4S/c40-38(29-16-8-3-9-17-29)43-39(41-26-27-12-4-1-5-13-27)30-20-22-31(23-21-30)42-36-32(28-14-6-2-7-15-28)24-25-34-33-18-10-11-19-35(33)44-37(34)36/h1-25,42H,26H2,(H2,40,41,43). The van der Waals surface area contributed by atoms with Crippen LogP contribution in [0.15, 0.2) is 162 Å². The molecule has 1 aromatic heterocycles. The zero-order chi connectivity index (χ0) is 29.7. The first-order valence-electron chi connectivity index (χ1n) is 14.6. The number of nitrogens with zero attached hydrogens (tertiary/aromatic N) is 2. The van der Waals surface area contributed by atoms with Crippen LogP contribution in [0.3, 0.4) is 0 Å². The second kappa shape index (κ2) is 12.4. The third-order valence-corrected chi connectivity index (χ3v) is 8.80. The predicted octanol–water partition coefficient (Wildman–Crippen LogP) is 9.82. The molecule has 0 amide bonds. The smallest absolute Gasteiger partial charge is 0.157 e.